The van der Waals surface area contributed by atoms with Gasteiger partial charge < -0.3 is 14.6 Å². The van der Waals surface area contributed by atoms with E-state index in [0.29, 0.717) is 12.5 Å². The third-order valence-corrected chi connectivity index (χ3v) is 4.52. The number of ether oxygens (including phenoxy) is 1. The molecule has 5 heteroatoms. The van der Waals surface area contributed by atoms with E-state index >= 15 is 0 Å². The number of aromatic amines is 1. The lowest BCUT2D eigenvalue weighted by molar-refractivity contribution is 0.112. The van der Waals surface area contributed by atoms with Crippen LogP contribution in [-0.2, 0) is 11.3 Å². The Labute approximate surface area is 143 Å². The highest BCUT2D eigenvalue weighted by Gasteiger charge is 2.20. The largest absolute Gasteiger partial charge is 0.380 e. The van der Waals surface area contributed by atoms with E-state index in [0.717, 1.165) is 54.9 Å². The lowest BCUT2D eigenvalue weighted by Gasteiger charge is -2.25. The maximum Gasteiger partial charge on any atom is 0.252 e. The molecule has 1 saturated heterocycles. The van der Waals surface area contributed by atoms with Gasteiger partial charge in [0.05, 0.1) is 13.2 Å². The summed E-state index contributed by atoms with van der Waals surface area (Å²) in [5.74, 6) is 0.477. The highest BCUT2D eigenvalue weighted by Crippen LogP contribution is 2.15. The number of benzene rings is 1. The van der Waals surface area contributed by atoms with Crippen molar-refractivity contribution in [2.45, 2.75) is 13.5 Å². The Kier molecular flexibility index (Phi) is 5.33. The second kappa shape index (κ2) is 7.47. The normalized spacial score (nSPS) is 19.8. The number of aryl methyl sites for hydroxylation is 1. The van der Waals surface area contributed by atoms with Crippen molar-refractivity contribution in [2.24, 2.45) is 5.92 Å². The van der Waals surface area contributed by atoms with E-state index in [9.17, 15) is 4.79 Å². The molecular weight excluding hydrogens is 302 g/mol. The van der Waals surface area contributed by atoms with Crippen LogP contribution >= 0.6 is 0 Å². The third kappa shape index (κ3) is 4.23. The smallest absolute Gasteiger partial charge is 0.252 e. The van der Waals surface area contributed by atoms with Crippen LogP contribution in [0.1, 0.15) is 11.1 Å². The molecule has 1 N–H and O–H groups in total. The van der Waals surface area contributed by atoms with E-state index in [1.807, 2.05) is 19.1 Å². The summed E-state index contributed by atoms with van der Waals surface area (Å²) >= 11 is 0. The van der Waals surface area contributed by atoms with Gasteiger partial charge in [0, 0.05) is 43.2 Å². The van der Waals surface area contributed by atoms with E-state index in [4.69, 9.17) is 4.74 Å². The summed E-state index contributed by atoms with van der Waals surface area (Å²) in [6.07, 6.45) is 0. The Morgan fingerprint density at radius 3 is 2.96 bits per heavy atom. The first kappa shape index (κ1) is 17.1. The SMILES string of the molecule is Cc1ccc2cc(CN3CCOC[C@@H](CN(C)C)C3)c(=O)[nH]c2c1. The molecule has 1 atom stereocenters. The van der Waals surface area contributed by atoms with Crippen LogP contribution in [0.2, 0.25) is 0 Å². The summed E-state index contributed by atoms with van der Waals surface area (Å²) in [6.45, 7) is 7.07. The van der Waals surface area contributed by atoms with Crippen molar-refractivity contribution in [1.29, 1.82) is 0 Å². The monoisotopic (exact) mass is 329 g/mol. The van der Waals surface area contributed by atoms with Crippen LogP contribution < -0.4 is 5.56 Å². The first-order valence-electron chi connectivity index (χ1n) is 8.58. The van der Waals surface area contributed by atoms with Crippen molar-refractivity contribution in [3.63, 3.8) is 0 Å². The lowest BCUT2D eigenvalue weighted by atomic mass is 10.1. The Hall–Kier alpha value is -1.69. The summed E-state index contributed by atoms with van der Waals surface area (Å²) in [7, 11) is 4.18. The predicted molar refractivity (Wildman–Crippen MR) is 97.4 cm³/mol. The molecule has 1 aromatic heterocycles. The Balaban J connectivity index is 1.79. The summed E-state index contributed by atoms with van der Waals surface area (Å²) < 4.78 is 5.74. The van der Waals surface area contributed by atoms with Gasteiger partial charge in [-0.2, -0.15) is 0 Å². The van der Waals surface area contributed by atoms with Gasteiger partial charge in [-0.25, -0.2) is 0 Å². The first-order valence-corrected chi connectivity index (χ1v) is 8.58. The number of hydrogen-bond donors (Lipinski definition) is 1. The van der Waals surface area contributed by atoms with Gasteiger partial charge in [0.25, 0.3) is 5.56 Å². The zero-order valence-corrected chi connectivity index (χ0v) is 14.8. The summed E-state index contributed by atoms with van der Waals surface area (Å²) in [6, 6.07) is 8.20. The highest BCUT2D eigenvalue weighted by atomic mass is 16.5. The molecule has 0 radical (unpaired) electrons. The topological polar surface area (TPSA) is 48.6 Å². The van der Waals surface area contributed by atoms with Gasteiger partial charge >= 0.3 is 0 Å². The fourth-order valence-electron chi connectivity index (χ4n) is 3.44. The first-order chi connectivity index (χ1) is 11.5. The van der Waals surface area contributed by atoms with E-state index in [-0.39, 0.29) is 5.56 Å². The van der Waals surface area contributed by atoms with E-state index in [1.165, 1.54) is 0 Å². The maximum absolute atomic E-state index is 12.4. The minimum absolute atomic E-state index is 0.0161. The van der Waals surface area contributed by atoms with Crippen LogP contribution in [0.3, 0.4) is 0 Å². The number of nitrogens with zero attached hydrogens (tertiary/aromatic N) is 2. The van der Waals surface area contributed by atoms with Gasteiger partial charge in [0.1, 0.15) is 0 Å². The fraction of sp³-hybridized carbons (Fsp3) is 0.526. The van der Waals surface area contributed by atoms with E-state index in [1.54, 1.807) is 0 Å². The molecule has 0 aliphatic carbocycles. The van der Waals surface area contributed by atoms with Crippen LogP contribution in [0.5, 0.6) is 0 Å². The minimum Gasteiger partial charge on any atom is -0.380 e. The number of H-pyrrole nitrogens is 1. The molecule has 1 aliphatic rings. The Bertz CT molecular complexity index is 754. The van der Waals surface area contributed by atoms with Crippen LogP contribution in [0.15, 0.2) is 29.1 Å². The molecule has 0 amide bonds. The van der Waals surface area contributed by atoms with Crippen molar-refractivity contribution >= 4 is 10.9 Å². The number of rotatable bonds is 4. The lowest BCUT2D eigenvalue weighted by Crippen LogP contribution is -2.35. The maximum atomic E-state index is 12.4. The number of aromatic nitrogens is 1. The summed E-state index contributed by atoms with van der Waals surface area (Å²) in [5.41, 5.74) is 2.91. The minimum atomic E-state index is 0.0161. The van der Waals surface area contributed by atoms with Crippen LogP contribution in [0, 0.1) is 12.8 Å². The van der Waals surface area contributed by atoms with Gasteiger partial charge in [0.2, 0.25) is 0 Å². The van der Waals surface area contributed by atoms with Crippen molar-refractivity contribution in [3.05, 3.63) is 45.7 Å². The van der Waals surface area contributed by atoms with Crippen molar-refractivity contribution < 1.29 is 4.74 Å². The molecule has 1 aromatic carbocycles. The molecule has 0 unspecified atom stereocenters. The van der Waals surface area contributed by atoms with Crippen LogP contribution in [0.25, 0.3) is 10.9 Å². The van der Waals surface area contributed by atoms with E-state index < -0.39 is 0 Å². The molecular formula is C19H27N3O2. The van der Waals surface area contributed by atoms with Crippen molar-refractivity contribution in [3.8, 4) is 0 Å². The highest BCUT2D eigenvalue weighted by molar-refractivity contribution is 5.79. The van der Waals surface area contributed by atoms with Crippen molar-refractivity contribution in [1.82, 2.24) is 14.8 Å². The second-order valence-corrected chi connectivity index (χ2v) is 7.15. The van der Waals surface area contributed by atoms with Gasteiger partial charge in [-0.3, -0.25) is 9.69 Å². The summed E-state index contributed by atoms with van der Waals surface area (Å²) in [4.78, 5) is 20.0. The number of pyridine rings is 1. The predicted octanol–water partition coefficient (Wildman–Crippen LogP) is 1.85. The molecule has 24 heavy (non-hydrogen) atoms. The van der Waals surface area contributed by atoms with E-state index in [2.05, 4.69) is 41.0 Å². The molecule has 1 fully saturated rings. The zero-order valence-electron chi connectivity index (χ0n) is 14.8. The van der Waals surface area contributed by atoms with Gasteiger partial charge in [0.15, 0.2) is 0 Å². The molecule has 130 valence electrons. The number of nitrogens with one attached hydrogen (secondary N) is 1. The average Bonchev–Trinajstić information content (AvgIpc) is 2.72. The quantitative estimate of drug-likeness (QED) is 0.930. The number of fused-ring (bicyclic) bond motifs is 1. The summed E-state index contributed by atoms with van der Waals surface area (Å²) in [5, 5.41) is 1.09. The molecule has 0 spiro atoms. The second-order valence-electron chi connectivity index (χ2n) is 7.15. The molecule has 0 bridgehead atoms. The Morgan fingerprint density at radius 2 is 2.17 bits per heavy atom. The van der Waals surface area contributed by atoms with Crippen molar-refractivity contribution in [2.75, 3.05) is 46.9 Å². The standard InChI is InChI=1S/C19H27N3O2/c1-14-4-5-16-9-17(19(23)20-18(16)8-14)12-22-6-7-24-13-15(11-22)10-21(2)3/h4-5,8-9,15H,6-7,10-13H2,1-3H3,(H,20,23)/t15-/m0/s1. The Morgan fingerprint density at radius 1 is 1.33 bits per heavy atom. The van der Waals surface area contributed by atoms with Crippen LogP contribution in [0.4, 0.5) is 0 Å². The molecule has 3 rings (SSSR count). The third-order valence-electron chi connectivity index (χ3n) is 4.52. The molecule has 0 saturated carbocycles. The zero-order chi connectivity index (χ0) is 17.1. The van der Waals surface area contributed by atoms with Gasteiger partial charge in [-0.1, -0.05) is 12.1 Å². The number of hydrogen-bond acceptors (Lipinski definition) is 4. The molecule has 2 heterocycles. The molecule has 1 aliphatic heterocycles. The molecule has 5 nitrogen and oxygen atoms in total. The van der Waals surface area contributed by atoms with Gasteiger partial charge in [-0.05, 0) is 44.1 Å². The average molecular weight is 329 g/mol. The van der Waals surface area contributed by atoms with Crippen LogP contribution in [-0.4, -0.2) is 61.7 Å². The molecule has 2 aromatic rings. The van der Waals surface area contributed by atoms with Gasteiger partial charge in [-0.15, -0.1) is 0 Å². The fourth-order valence-corrected chi connectivity index (χ4v) is 3.44.